The van der Waals surface area contributed by atoms with Crippen molar-refractivity contribution in [3.8, 4) is 11.5 Å². The maximum atomic E-state index is 11.6. The predicted molar refractivity (Wildman–Crippen MR) is 34.9 cm³/mol. The van der Waals surface area contributed by atoms with Crippen LogP contribution in [0.15, 0.2) is 24.3 Å². The molecule has 0 bridgehead atoms. The fourth-order valence-electron chi connectivity index (χ4n) is 0.693. The molecule has 0 aliphatic heterocycles. The van der Waals surface area contributed by atoms with Gasteiger partial charge in [-0.25, -0.2) is 0 Å². The summed E-state index contributed by atoms with van der Waals surface area (Å²) in [4.78, 5) is 3.26. The first-order valence-electron chi connectivity index (χ1n) is 3.15. The van der Waals surface area contributed by atoms with Crippen molar-refractivity contribution >= 4 is 0 Å². The van der Waals surface area contributed by atoms with Gasteiger partial charge >= 0.3 is 6.36 Å². The van der Waals surface area contributed by atoms with E-state index in [4.69, 9.17) is 0 Å². The van der Waals surface area contributed by atoms with Crippen LogP contribution in [0.1, 0.15) is 0 Å². The lowest BCUT2D eigenvalue weighted by Gasteiger charge is -2.07. The first kappa shape index (κ1) is 9.63. The van der Waals surface area contributed by atoms with Crippen molar-refractivity contribution < 1.29 is 27.4 Å². The molecule has 0 radical (unpaired) electrons. The Labute approximate surface area is 70.6 Å². The average molecular weight is 196 g/mol. The topological polar surface area (TPSA) is 18.5 Å². The zero-order chi connectivity index (χ0) is 9.90. The van der Waals surface area contributed by atoms with Crippen LogP contribution in [0.4, 0.5) is 17.7 Å². The minimum absolute atomic E-state index is 0.186. The van der Waals surface area contributed by atoms with Crippen molar-refractivity contribution in [3.63, 3.8) is 0 Å². The van der Waals surface area contributed by atoms with Gasteiger partial charge in [-0.2, -0.15) is 0 Å². The molecule has 0 unspecified atom stereocenters. The molecule has 1 aromatic carbocycles. The molecule has 0 aliphatic carbocycles. The second-order valence-corrected chi connectivity index (χ2v) is 2.10. The number of hydrogen-bond acceptors (Lipinski definition) is 2. The third-order valence-corrected chi connectivity index (χ3v) is 1.15. The van der Waals surface area contributed by atoms with Crippen LogP contribution in [0.5, 0.6) is 11.5 Å². The normalized spacial score (nSPS) is 11.1. The van der Waals surface area contributed by atoms with E-state index in [2.05, 4.69) is 9.68 Å². The molecule has 6 heteroatoms. The Morgan fingerprint density at radius 3 is 1.77 bits per heavy atom. The summed E-state index contributed by atoms with van der Waals surface area (Å²) in [6.07, 6.45) is -4.74. The molecule has 13 heavy (non-hydrogen) atoms. The third kappa shape index (κ3) is 3.18. The number of ether oxygens (including phenoxy) is 1. The summed E-state index contributed by atoms with van der Waals surface area (Å²) in [6, 6.07) is 3.92. The number of alkyl halides is 3. The van der Waals surface area contributed by atoms with Gasteiger partial charge in [0.05, 0.1) is 0 Å². The number of rotatable bonds is 2. The standard InChI is InChI=1S/C7H4F4O2/c8-7(9,10)12-5-1-3-6(13-11)4-2-5/h1-4H. The number of benzene rings is 1. The van der Waals surface area contributed by atoms with Crippen LogP contribution in [-0.4, -0.2) is 6.36 Å². The Balaban J connectivity index is 2.70. The summed E-state index contributed by atoms with van der Waals surface area (Å²) in [5.74, 6) is -0.608. The highest BCUT2D eigenvalue weighted by molar-refractivity contribution is 5.30. The lowest BCUT2D eigenvalue weighted by molar-refractivity contribution is -0.274. The van der Waals surface area contributed by atoms with Gasteiger partial charge in [-0.1, -0.05) is 0 Å². The minimum Gasteiger partial charge on any atom is -0.406 e. The molecule has 0 atom stereocenters. The molecule has 0 saturated carbocycles. The van der Waals surface area contributed by atoms with Gasteiger partial charge in [-0.3, -0.25) is 4.94 Å². The maximum Gasteiger partial charge on any atom is 0.573 e. The van der Waals surface area contributed by atoms with E-state index in [0.717, 1.165) is 24.3 Å². The van der Waals surface area contributed by atoms with Crippen molar-refractivity contribution in [2.24, 2.45) is 0 Å². The predicted octanol–water partition coefficient (Wildman–Crippen LogP) is 2.85. The van der Waals surface area contributed by atoms with Crippen LogP contribution >= 0.6 is 0 Å². The molecule has 0 aliphatic rings. The molecule has 2 nitrogen and oxygen atoms in total. The molecule has 0 saturated heterocycles. The monoisotopic (exact) mass is 196 g/mol. The van der Waals surface area contributed by atoms with Crippen LogP contribution in [-0.2, 0) is 0 Å². The quantitative estimate of drug-likeness (QED) is 0.677. The van der Waals surface area contributed by atoms with Crippen molar-refractivity contribution in [2.45, 2.75) is 6.36 Å². The third-order valence-electron chi connectivity index (χ3n) is 1.15. The van der Waals surface area contributed by atoms with Crippen molar-refractivity contribution in [3.05, 3.63) is 24.3 Å². The van der Waals surface area contributed by atoms with E-state index in [1.165, 1.54) is 0 Å². The summed E-state index contributed by atoms with van der Waals surface area (Å²) in [5, 5.41) is 0. The highest BCUT2D eigenvalue weighted by Crippen LogP contribution is 2.24. The number of halogens is 4. The van der Waals surface area contributed by atoms with E-state index < -0.39 is 12.1 Å². The smallest absolute Gasteiger partial charge is 0.406 e. The Kier molecular flexibility index (Phi) is 2.60. The molecule has 1 aromatic rings. The second-order valence-electron chi connectivity index (χ2n) is 2.10. The molecule has 0 heterocycles. The van der Waals surface area contributed by atoms with Gasteiger partial charge in [0.2, 0.25) is 0 Å². The number of hydrogen-bond donors (Lipinski definition) is 0. The Morgan fingerprint density at radius 2 is 1.38 bits per heavy atom. The molecule has 72 valence electrons. The zero-order valence-corrected chi connectivity index (χ0v) is 6.14. The first-order chi connectivity index (χ1) is 6.01. The summed E-state index contributed by atoms with van der Waals surface area (Å²) in [6.45, 7) is 0. The van der Waals surface area contributed by atoms with Crippen molar-refractivity contribution in [2.75, 3.05) is 0 Å². The SMILES string of the molecule is FOc1ccc(OC(F)(F)F)cc1. The Bertz CT molecular complexity index is 267. The van der Waals surface area contributed by atoms with Gasteiger partial charge in [-0.05, 0) is 24.3 Å². The highest BCUT2D eigenvalue weighted by atomic mass is 19.4. The van der Waals surface area contributed by atoms with E-state index in [1.54, 1.807) is 0 Å². The minimum atomic E-state index is -4.74. The molecular formula is C7H4F4O2. The fraction of sp³-hybridized carbons (Fsp3) is 0.143. The molecule has 0 N–H and O–H groups in total. The van der Waals surface area contributed by atoms with Gasteiger partial charge in [0.1, 0.15) is 5.75 Å². The molecular weight excluding hydrogens is 192 g/mol. The van der Waals surface area contributed by atoms with Gasteiger partial charge in [0.25, 0.3) is 0 Å². The van der Waals surface area contributed by atoms with Crippen LogP contribution in [0.2, 0.25) is 0 Å². The summed E-state index contributed by atoms with van der Waals surface area (Å²) in [7, 11) is 0. The Morgan fingerprint density at radius 1 is 0.923 bits per heavy atom. The van der Waals surface area contributed by atoms with Crippen molar-refractivity contribution in [1.82, 2.24) is 0 Å². The largest absolute Gasteiger partial charge is 0.573 e. The highest BCUT2D eigenvalue weighted by Gasteiger charge is 2.30. The molecule has 0 amide bonds. The molecule has 0 spiro atoms. The van der Waals surface area contributed by atoms with Crippen LogP contribution in [0.25, 0.3) is 0 Å². The van der Waals surface area contributed by atoms with E-state index in [-0.39, 0.29) is 5.75 Å². The molecule has 0 fully saturated rings. The summed E-state index contributed by atoms with van der Waals surface area (Å²) < 4.78 is 49.7. The van der Waals surface area contributed by atoms with Gasteiger partial charge < -0.3 is 4.74 Å². The molecule has 1 rings (SSSR count). The lowest BCUT2D eigenvalue weighted by atomic mass is 10.3. The van der Waals surface area contributed by atoms with Crippen LogP contribution < -0.4 is 9.68 Å². The van der Waals surface area contributed by atoms with Crippen molar-refractivity contribution in [1.29, 1.82) is 0 Å². The van der Waals surface area contributed by atoms with E-state index in [1.807, 2.05) is 0 Å². The van der Waals surface area contributed by atoms with E-state index in [9.17, 15) is 17.7 Å². The van der Waals surface area contributed by atoms with Gasteiger partial charge in [-0.15, -0.1) is 13.2 Å². The first-order valence-corrected chi connectivity index (χ1v) is 3.15. The van der Waals surface area contributed by atoms with Gasteiger partial charge in [0, 0.05) is 4.53 Å². The lowest BCUT2D eigenvalue weighted by Crippen LogP contribution is -2.16. The second kappa shape index (κ2) is 3.51. The van der Waals surface area contributed by atoms with Gasteiger partial charge in [0.15, 0.2) is 5.75 Å². The van der Waals surface area contributed by atoms with E-state index in [0.29, 0.717) is 0 Å². The summed E-state index contributed by atoms with van der Waals surface area (Å²) >= 11 is 0. The van der Waals surface area contributed by atoms with E-state index >= 15 is 0 Å². The summed E-state index contributed by atoms with van der Waals surface area (Å²) in [5.41, 5.74) is 0. The van der Waals surface area contributed by atoms with Crippen LogP contribution in [0.3, 0.4) is 0 Å². The fourth-order valence-corrected chi connectivity index (χ4v) is 0.693. The Hall–Kier alpha value is -1.46. The zero-order valence-electron chi connectivity index (χ0n) is 6.14. The average Bonchev–Trinajstić information content (AvgIpc) is 2.03. The van der Waals surface area contributed by atoms with Crippen LogP contribution in [0, 0.1) is 0 Å². The maximum absolute atomic E-state index is 11.6. The molecule has 0 aromatic heterocycles.